The van der Waals surface area contributed by atoms with E-state index >= 15 is 0 Å². The maximum absolute atomic E-state index is 12.8. The van der Waals surface area contributed by atoms with Gasteiger partial charge in [0.15, 0.2) is 0 Å². The van der Waals surface area contributed by atoms with E-state index in [0.717, 1.165) is 12.0 Å². The Bertz CT molecular complexity index is 1140. The molecule has 27 heavy (non-hydrogen) atoms. The molecule has 7 nitrogen and oxygen atoms in total. The molecule has 0 bridgehead atoms. The van der Waals surface area contributed by atoms with Crippen LogP contribution in [0.15, 0.2) is 59.8 Å². The van der Waals surface area contributed by atoms with Crippen molar-refractivity contribution in [2.75, 3.05) is 6.54 Å². The Morgan fingerprint density at radius 2 is 2.07 bits per heavy atom. The second-order valence-electron chi connectivity index (χ2n) is 6.29. The van der Waals surface area contributed by atoms with Gasteiger partial charge in [0.25, 0.3) is 0 Å². The van der Waals surface area contributed by atoms with E-state index in [1.165, 1.54) is 12.3 Å². The van der Waals surface area contributed by atoms with Crippen LogP contribution in [0.1, 0.15) is 17.2 Å². The van der Waals surface area contributed by atoms with Gasteiger partial charge in [-0.05, 0) is 41.8 Å². The standard InChI is InChI=1S/C19H17N3O4S/c20-19(23)18-16-10-14(5-4-12(16)6-9-22-18)26-27(24,25)17-3-1-2-13-11-21-8-7-15(13)17/h1-5,7-8,10-11,18,22H,6,9H2,(H2,20,23). The van der Waals surface area contributed by atoms with Gasteiger partial charge in [-0.3, -0.25) is 9.78 Å². The Morgan fingerprint density at radius 1 is 1.22 bits per heavy atom. The Hall–Kier alpha value is -2.97. The zero-order valence-electron chi connectivity index (χ0n) is 14.3. The maximum atomic E-state index is 12.8. The normalized spacial score (nSPS) is 16.7. The quantitative estimate of drug-likeness (QED) is 0.663. The van der Waals surface area contributed by atoms with Crippen molar-refractivity contribution in [1.29, 1.82) is 0 Å². The molecule has 3 aromatic rings. The molecular formula is C19H17N3O4S. The van der Waals surface area contributed by atoms with E-state index in [9.17, 15) is 13.2 Å². The predicted molar refractivity (Wildman–Crippen MR) is 99.6 cm³/mol. The Kier molecular flexibility index (Phi) is 4.29. The number of primary amides is 1. The van der Waals surface area contributed by atoms with Crippen LogP contribution < -0.4 is 15.2 Å². The molecule has 0 aliphatic carbocycles. The van der Waals surface area contributed by atoms with Gasteiger partial charge < -0.3 is 15.2 Å². The van der Waals surface area contributed by atoms with Crippen molar-refractivity contribution in [2.24, 2.45) is 5.73 Å². The van der Waals surface area contributed by atoms with Crippen LogP contribution in [0.4, 0.5) is 0 Å². The van der Waals surface area contributed by atoms with E-state index in [2.05, 4.69) is 10.3 Å². The van der Waals surface area contributed by atoms with E-state index in [1.54, 1.807) is 42.6 Å². The van der Waals surface area contributed by atoms with Gasteiger partial charge in [-0.2, -0.15) is 8.42 Å². The highest BCUT2D eigenvalue weighted by Gasteiger charge is 2.26. The number of nitrogens with zero attached hydrogens (tertiary/aromatic N) is 1. The van der Waals surface area contributed by atoms with Gasteiger partial charge >= 0.3 is 10.1 Å². The molecule has 0 radical (unpaired) electrons. The van der Waals surface area contributed by atoms with E-state index in [4.69, 9.17) is 9.92 Å². The van der Waals surface area contributed by atoms with Gasteiger partial charge in [0, 0.05) is 29.7 Å². The summed E-state index contributed by atoms with van der Waals surface area (Å²) in [6, 6.07) is 10.8. The molecule has 0 saturated carbocycles. The largest absolute Gasteiger partial charge is 0.379 e. The zero-order valence-corrected chi connectivity index (χ0v) is 15.1. The number of carbonyl (C=O) groups excluding carboxylic acids is 1. The molecule has 8 heteroatoms. The molecule has 0 fully saturated rings. The van der Waals surface area contributed by atoms with E-state index in [0.29, 0.717) is 22.9 Å². The fourth-order valence-electron chi connectivity index (χ4n) is 3.32. The first kappa shape index (κ1) is 17.4. The van der Waals surface area contributed by atoms with Gasteiger partial charge in [0.2, 0.25) is 5.91 Å². The van der Waals surface area contributed by atoms with Gasteiger partial charge in [-0.1, -0.05) is 18.2 Å². The van der Waals surface area contributed by atoms with Crippen LogP contribution in [-0.4, -0.2) is 25.9 Å². The van der Waals surface area contributed by atoms with Gasteiger partial charge in [0.1, 0.15) is 16.7 Å². The summed E-state index contributed by atoms with van der Waals surface area (Å²) < 4.78 is 31.1. The van der Waals surface area contributed by atoms with Crippen molar-refractivity contribution in [1.82, 2.24) is 10.3 Å². The Labute approximate surface area is 156 Å². The van der Waals surface area contributed by atoms with Crippen LogP contribution in [-0.2, 0) is 21.3 Å². The number of hydrogen-bond acceptors (Lipinski definition) is 6. The fourth-order valence-corrected chi connectivity index (χ4v) is 4.47. The lowest BCUT2D eigenvalue weighted by atomic mass is 9.94. The molecule has 0 spiro atoms. The summed E-state index contributed by atoms with van der Waals surface area (Å²) in [6.07, 6.45) is 3.85. The molecule has 4 rings (SSSR count). The summed E-state index contributed by atoms with van der Waals surface area (Å²) in [6.45, 7) is 0.628. The maximum Gasteiger partial charge on any atom is 0.339 e. The summed E-state index contributed by atoms with van der Waals surface area (Å²) in [4.78, 5) is 15.7. The number of benzene rings is 2. The molecule has 138 valence electrons. The van der Waals surface area contributed by atoms with Crippen molar-refractivity contribution in [3.63, 3.8) is 0 Å². The molecule has 1 aromatic heterocycles. The minimum atomic E-state index is -4.07. The molecule has 3 N–H and O–H groups in total. The predicted octanol–water partition coefficient (Wildman–Crippen LogP) is 1.67. The average Bonchev–Trinajstić information content (AvgIpc) is 2.66. The summed E-state index contributed by atoms with van der Waals surface area (Å²) in [5, 5.41) is 4.26. The van der Waals surface area contributed by atoms with E-state index < -0.39 is 22.1 Å². The highest BCUT2D eigenvalue weighted by Crippen LogP contribution is 2.30. The minimum absolute atomic E-state index is 0.0599. The number of fused-ring (bicyclic) bond motifs is 2. The third-order valence-electron chi connectivity index (χ3n) is 4.57. The summed E-state index contributed by atoms with van der Waals surface area (Å²) in [5.41, 5.74) is 7.03. The number of amides is 1. The first-order valence-corrected chi connectivity index (χ1v) is 9.79. The van der Waals surface area contributed by atoms with E-state index in [-0.39, 0.29) is 10.6 Å². The number of nitrogens with two attached hydrogens (primary N) is 1. The van der Waals surface area contributed by atoms with Gasteiger partial charge in [-0.25, -0.2) is 0 Å². The van der Waals surface area contributed by atoms with Crippen molar-refractivity contribution in [2.45, 2.75) is 17.4 Å². The molecule has 2 aromatic carbocycles. The van der Waals surface area contributed by atoms with Crippen molar-refractivity contribution in [3.8, 4) is 5.75 Å². The third-order valence-corrected chi connectivity index (χ3v) is 5.88. The second-order valence-corrected chi connectivity index (χ2v) is 7.81. The van der Waals surface area contributed by atoms with Crippen LogP contribution in [0.3, 0.4) is 0 Å². The second kappa shape index (κ2) is 6.64. The number of aromatic nitrogens is 1. The van der Waals surface area contributed by atoms with E-state index in [1.807, 2.05) is 0 Å². The first-order valence-electron chi connectivity index (χ1n) is 8.38. The molecular weight excluding hydrogens is 366 g/mol. The molecule has 1 unspecified atom stereocenters. The van der Waals surface area contributed by atoms with Crippen molar-refractivity contribution in [3.05, 3.63) is 66.0 Å². The molecule has 2 heterocycles. The monoisotopic (exact) mass is 383 g/mol. The SMILES string of the molecule is NC(=O)C1NCCc2ccc(OS(=O)(=O)c3cccc4cnccc34)cc21. The smallest absolute Gasteiger partial charge is 0.339 e. The number of rotatable bonds is 4. The lowest BCUT2D eigenvalue weighted by Crippen LogP contribution is -2.38. The minimum Gasteiger partial charge on any atom is -0.379 e. The zero-order chi connectivity index (χ0) is 19.0. The average molecular weight is 383 g/mol. The van der Waals surface area contributed by atoms with Crippen LogP contribution >= 0.6 is 0 Å². The van der Waals surface area contributed by atoms with Crippen LogP contribution in [0.25, 0.3) is 10.8 Å². The van der Waals surface area contributed by atoms with Crippen molar-refractivity contribution < 1.29 is 17.4 Å². The Balaban J connectivity index is 1.73. The lowest BCUT2D eigenvalue weighted by Gasteiger charge is -2.25. The summed E-state index contributed by atoms with van der Waals surface area (Å²) in [5.74, 6) is -0.382. The van der Waals surface area contributed by atoms with Gasteiger partial charge in [0.05, 0.1) is 0 Å². The molecule has 1 amide bonds. The fraction of sp³-hybridized carbons (Fsp3) is 0.158. The summed E-state index contributed by atoms with van der Waals surface area (Å²) in [7, 11) is -4.07. The number of hydrogen-bond donors (Lipinski definition) is 2. The molecule has 1 aliphatic rings. The van der Waals surface area contributed by atoms with Crippen LogP contribution in [0.5, 0.6) is 5.75 Å². The van der Waals surface area contributed by atoms with Crippen LogP contribution in [0.2, 0.25) is 0 Å². The van der Waals surface area contributed by atoms with Crippen molar-refractivity contribution >= 4 is 26.8 Å². The highest BCUT2D eigenvalue weighted by molar-refractivity contribution is 7.87. The topological polar surface area (TPSA) is 111 Å². The molecule has 1 atom stereocenters. The number of nitrogens with one attached hydrogen (secondary N) is 1. The third kappa shape index (κ3) is 3.24. The van der Waals surface area contributed by atoms with Gasteiger partial charge in [-0.15, -0.1) is 0 Å². The van der Waals surface area contributed by atoms with Crippen LogP contribution in [0, 0.1) is 0 Å². The number of carbonyl (C=O) groups is 1. The first-order chi connectivity index (χ1) is 13.0. The molecule has 1 aliphatic heterocycles. The number of pyridine rings is 1. The Morgan fingerprint density at radius 3 is 2.89 bits per heavy atom. The molecule has 0 saturated heterocycles. The summed E-state index contributed by atoms with van der Waals surface area (Å²) >= 11 is 0. The highest BCUT2D eigenvalue weighted by atomic mass is 32.2. The lowest BCUT2D eigenvalue weighted by molar-refractivity contribution is -0.120.